The number of carboxylic acids is 1. The SMILES string of the molecule is CCOC(=O)C=CSC1=C(C(=O)O)N2C(=O)[C@H]([C@H](C)O)[C@H]2C1. The number of carbonyl (C=O) groups excluding carboxylic acids is 2. The van der Waals surface area contributed by atoms with Crippen LogP contribution in [0.25, 0.3) is 0 Å². The van der Waals surface area contributed by atoms with Crippen molar-refractivity contribution >= 4 is 29.6 Å². The van der Waals surface area contributed by atoms with E-state index < -0.39 is 24.0 Å². The quantitative estimate of drug-likeness (QED) is 0.420. The van der Waals surface area contributed by atoms with Crippen molar-refractivity contribution < 1.29 is 29.3 Å². The van der Waals surface area contributed by atoms with Crippen molar-refractivity contribution in [3.63, 3.8) is 0 Å². The molecule has 0 spiro atoms. The third kappa shape index (κ3) is 2.89. The van der Waals surface area contributed by atoms with Crippen molar-refractivity contribution in [3.05, 3.63) is 22.1 Å². The van der Waals surface area contributed by atoms with E-state index in [1.165, 1.54) is 23.3 Å². The Morgan fingerprint density at radius 2 is 2.23 bits per heavy atom. The van der Waals surface area contributed by atoms with Crippen LogP contribution in [0.15, 0.2) is 22.1 Å². The molecular formula is C14H17NO6S. The average Bonchev–Trinajstić information content (AvgIpc) is 2.73. The van der Waals surface area contributed by atoms with Gasteiger partial charge in [-0.1, -0.05) is 11.8 Å². The molecular weight excluding hydrogens is 310 g/mol. The summed E-state index contributed by atoms with van der Waals surface area (Å²) in [4.78, 5) is 36.3. The molecule has 0 unspecified atom stereocenters. The number of aliphatic hydroxyl groups excluding tert-OH is 1. The Kier molecular flexibility index (Phi) is 4.92. The summed E-state index contributed by atoms with van der Waals surface area (Å²) in [6.45, 7) is 3.47. The Morgan fingerprint density at radius 1 is 1.55 bits per heavy atom. The van der Waals surface area contributed by atoms with Gasteiger partial charge in [0, 0.05) is 17.4 Å². The van der Waals surface area contributed by atoms with Crippen molar-refractivity contribution in [2.24, 2.45) is 5.92 Å². The molecule has 1 amide bonds. The minimum atomic E-state index is -1.19. The molecule has 0 bridgehead atoms. The van der Waals surface area contributed by atoms with Crippen LogP contribution in [0.3, 0.4) is 0 Å². The summed E-state index contributed by atoms with van der Waals surface area (Å²) in [6, 6.07) is -0.322. The molecule has 7 nitrogen and oxygen atoms in total. The lowest BCUT2D eigenvalue weighted by atomic mass is 9.83. The molecule has 0 radical (unpaired) electrons. The van der Waals surface area contributed by atoms with Gasteiger partial charge in [0.2, 0.25) is 5.91 Å². The molecule has 1 saturated heterocycles. The minimum absolute atomic E-state index is 0.0644. The molecule has 2 rings (SSSR count). The van der Waals surface area contributed by atoms with Gasteiger partial charge in [0.15, 0.2) is 0 Å². The zero-order valence-electron chi connectivity index (χ0n) is 12.2. The molecule has 1 fully saturated rings. The third-order valence-electron chi connectivity index (χ3n) is 3.59. The third-order valence-corrected chi connectivity index (χ3v) is 4.51. The Morgan fingerprint density at radius 3 is 2.77 bits per heavy atom. The molecule has 120 valence electrons. The lowest BCUT2D eigenvalue weighted by Gasteiger charge is -2.44. The van der Waals surface area contributed by atoms with Gasteiger partial charge in [-0.05, 0) is 19.3 Å². The highest BCUT2D eigenvalue weighted by molar-refractivity contribution is 8.05. The molecule has 0 saturated carbocycles. The number of ether oxygens (including phenoxy) is 1. The first-order valence-corrected chi connectivity index (χ1v) is 7.74. The highest BCUT2D eigenvalue weighted by Crippen LogP contribution is 2.47. The van der Waals surface area contributed by atoms with Crippen LogP contribution in [-0.2, 0) is 19.1 Å². The smallest absolute Gasteiger partial charge is 0.353 e. The molecule has 2 aliphatic heterocycles. The van der Waals surface area contributed by atoms with Crippen molar-refractivity contribution in [1.82, 2.24) is 4.90 Å². The van der Waals surface area contributed by atoms with E-state index in [4.69, 9.17) is 4.74 Å². The maximum absolute atomic E-state index is 12.0. The highest BCUT2D eigenvalue weighted by atomic mass is 32.2. The van der Waals surface area contributed by atoms with E-state index in [9.17, 15) is 24.6 Å². The van der Waals surface area contributed by atoms with Crippen LogP contribution in [0, 0.1) is 5.92 Å². The molecule has 3 atom stereocenters. The minimum Gasteiger partial charge on any atom is -0.477 e. The molecule has 0 aromatic rings. The zero-order valence-corrected chi connectivity index (χ0v) is 13.0. The Balaban J connectivity index is 2.12. The van der Waals surface area contributed by atoms with Crippen molar-refractivity contribution in [2.45, 2.75) is 32.4 Å². The summed E-state index contributed by atoms with van der Waals surface area (Å²) < 4.78 is 4.73. The van der Waals surface area contributed by atoms with E-state index in [2.05, 4.69) is 0 Å². The zero-order chi connectivity index (χ0) is 16.4. The van der Waals surface area contributed by atoms with Crippen LogP contribution in [0.4, 0.5) is 0 Å². The van der Waals surface area contributed by atoms with E-state index in [1.807, 2.05) is 0 Å². The lowest BCUT2D eigenvalue weighted by molar-refractivity contribution is -0.161. The summed E-state index contributed by atoms with van der Waals surface area (Å²) >= 11 is 1.08. The van der Waals surface area contributed by atoms with E-state index in [0.717, 1.165) is 11.8 Å². The number of β-lactam (4-membered cyclic amide) rings is 1. The lowest BCUT2D eigenvalue weighted by Crippen LogP contribution is -2.61. The molecule has 0 aromatic carbocycles. The largest absolute Gasteiger partial charge is 0.477 e. The van der Waals surface area contributed by atoms with Crippen LogP contribution >= 0.6 is 11.8 Å². The normalized spacial score (nSPS) is 25.2. The van der Waals surface area contributed by atoms with Gasteiger partial charge >= 0.3 is 11.9 Å². The monoisotopic (exact) mass is 327 g/mol. The van der Waals surface area contributed by atoms with E-state index >= 15 is 0 Å². The van der Waals surface area contributed by atoms with Crippen LogP contribution in [0.5, 0.6) is 0 Å². The predicted molar refractivity (Wildman–Crippen MR) is 78.4 cm³/mol. The van der Waals surface area contributed by atoms with Crippen molar-refractivity contribution in [3.8, 4) is 0 Å². The molecule has 8 heteroatoms. The second kappa shape index (κ2) is 6.53. The number of hydrogen-bond donors (Lipinski definition) is 2. The Hall–Kier alpha value is -1.80. The van der Waals surface area contributed by atoms with Gasteiger partial charge in [-0.2, -0.15) is 0 Å². The number of hydrogen-bond acceptors (Lipinski definition) is 6. The summed E-state index contributed by atoms with van der Waals surface area (Å²) in [5, 5.41) is 20.4. The fourth-order valence-electron chi connectivity index (χ4n) is 2.70. The first kappa shape index (κ1) is 16.6. The molecule has 2 heterocycles. The first-order valence-electron chi connectivity index (χ1n) is 6.86. The standard InChI is InChI=1S/C14H17NO6S/c1-3-21-10(17)4-5-22-9-6-8-11(7(2)16)13(18)15(8)12(9)14(19)20/h4-5,7-8,11,16H,3,6H2,1-2H3,(H,19,20)/t7-,8+,11+/m0/s1. The number of aliphatic carboxylic acids is 1. The Labute approximate surface area is 131 Å². The molecule has 2 N–H and O–H groups in total. The first-order chi connectivity index (χ1) is 10.4. The second-order valence-electron chi connectivity index (χ2n) is 5.00. The topological polar surface area (TPSA) is 104 Å². The summed E-state index contributed by atoms with van der Waals surface area (Å²) in [5.74, 6) is -2.64. The van der Waals surface area contributed by atoms with Crippen LogP contribution in [0.1, 0.15) is 20.3 Å². The Bertz CT molecular complexity index is 568. The number of rotatable bonds is 6. The fourth-order valence-corrected chi connectivity index (χ4v) is 3.61. The van der Waals surface area contributed by atoms with Gasteiger partial charge in [0.1, 0.15) is 5.70 Å². The molecule has 22 heavy (non-hydrogen) atoms. The van der Waals surface area contributed by atoms with E-state index in [-0.39, 0.29) is 24.3 Å². The number of carboxylic acid groups (broad SMARTS) is 1. The predicted octanol–water partition coefficient (Wildman–Crippen LogP) is 0.704. The maximum Gasteiger partial charge on any atom is 0.353 e. The highest BCUT2D eigenvalue weighted by Gasteiger charge is 2.56. The van der Waals surface area contributed by atoms with Gasteiger partial charge in [-0.3, -0.25) is 4.79 Å². The van der Waals surface area contributed by atoms with Crippen LogP contribution < -0.4 is 0 Å². The molecule has 2 aliphatic rings. The van der Waals surface area contributed by atoms with Crippen LogP contribution in [-0.4, -0.2) is 51.7 Å². The number of aliphatic hydroxyl groups is 1. The number of fused-ring (bicyclic) bond motifs is 1. The average molecular weight is 327 g/mol. The molecule has 0 aliphatic carbocycles. The number of esters is 1. The fraction of sp³-hybridized carbons (Fsp3) is 0.500. The van der Waals surface area contributed by atoms with Crippen molar-refractivity contribution in [1.29, 1.82) is 0 Å². The summed E-state index contributed by atoms with van der Waals surface area (Å²) in [5.41, 5.74) is -0.0644. The van der Waals surface area contributed by atoms with E-state index in [0.29, 0.717) is 11.3 Å². The van der Waals surface area contributed by atoms with Gasteiger partial charge < -0.3 is 19.8 Å². The van der Waals surface area contributed by atoms with Crippen LogP contribution in [0.2, 0.25) is 0 Å². The molecule has 0 aromatic heterocycles. The van der Waals surface area contributed by atoms with Crippen molar-refractivity contribution in [2.75, 3.05) is 6.61 Å². The van der Waals surface area contributed by atoms with E-state index in [1.54, 1.807) is 6.92 Å². The van der Waals surface area contributed by atoms with Gasteiger partial charge in [-0.15, -0.1) is 0 Å². The maximum atomic E-state index is 12.0. The van der Waals surface area contributed by atoms with Gasteiger partial charge in [0.25, 0.3) is 0 Å². The summed E-state index contributed by atoms with van der Waals surface area (Å²) in [7, 11) is 0. The number of amides is 1. The number of thioether (sulfide) groups is 1. The second-order valence-corrected chi connectivity index (χ2v) is 6.00. The van der Waals surface area contributed by atoms with Gasteiger partial charge in [-0.25, -0.2) is 9.59 Å². The number of nitrogens with zero attached hydrogens (tertiary/aromatic N) is 1. The van der Waals surface area contributed by atoms with Gasteiger partial charge in [0.05, 0.1) is 24.7 Å². The summed E-state index contributed by atoms with van der Waals surface area (Å²) in [6.07, 6.45) is 0.758. The number of carbonyl (C=O) groups is 3.